The van der Waals surface area contributed by atoms with Crippen molar-refractivity contribution in [2.24, 2.45) is 4.99 Å². The number of hydrogen-bond donors (Lipinski definition) is 3. The van der Waals surface area contributed by atoms with Crippen LogP contribution in [0, 0.1) is 0 Å². The van der Waals surface area contributed by atoms with Crippen molar-refractivity contribution in [3.8, 4) is 0 Å². The Bertz CT molecular complexity index is 481. The van der Waals surface area contributed by atoms with Gasteiger partial charge < -0.3 is 25.6 Å². The number of nitrogens with zero attached hydrogens (tertiary/aromatic N) is 3. The van der Waals surface area contributed by atoms with Crippen molar-refractivity contribution in [3.05, 3.63) is 0 Å². The van der Waals surface area contributed by atoms with Gasteiger partial charge in [0.1, 0.15) is 5.60 Å². The van der Waals surface area contributed by atoms with E-state index in [9.17, 15) is 9.59 Å². The van der Waals surface area contributed by atoms with Gasteiger partial charge in [-0.3, -0.25) is 14.7 Å². The Labute approximate surface area is 156 Å². The van der Waals surface area contributed by atoms with E-state index in [1.54, 1.807) is 14.0 Å². The zero-order valence-corrected chi connectivity index (χ0v) is 16.7. The number of carbonyl (C=O) groups is 2. The molecule has 0 radical (unpaired) electrons. The van der Waals surface area contributed by atoms with Crippen molar-refractivity contribution in [1.29, 1.82) is 0 Å². The molecule has 0 atom stereocenters. The fourth-order valence-electron chi connectivity index (χ4n) is 2.50. The lowest BCUT2D eigenvalue weighted by molar-refractivity contribution is -0.130. The van der Waals surface area contributed by atoms with Crippen molar-refractivity contribution in [2.75, 3.05) is 59.4 Å². The van der Waals surface area contributed by atoms with Crippen LogP contribution < -0.4 is 16.0 Å². The zero-order valence-electron chi connectivity index (χ0n) is 16.7. The van der Waals surface area contributed by atoms with Gasteiger partial charge in [-0.2, -0.15) is 0 Å². The van der Waals surface area contributed by atoms with E-state index in [1.165, 1.54) is 0 Å². The van der Waals surface area contributed by atoms with Gasteiger partial charge in [0, 0.05) is 66.3 Å². The first-order valence-corrected chi connectivity index (χ1v) is 9.10. The lowest BCUT2D eigenvalue weighted by atomic mass is 10.2. The first kappa shape index (κ1) is 22.0. The molecule has 26 heavy (non-hydrogen) atoms. The molecule has 9 heteroatoms. The number of hydrogen-bond acceptors (Lipinski definition) is 5. The number of alkyl carbamates (subject to hydrolysis) is 1. The molecule has 1 aliphatic rings. The summed E-state index contributed by atoms with van der Waals surface area (Å²) in [5.74, 6) is 0.839. The quantitative estimate of drug-likeness (QED) is 0.341. The summed E-state index contributed by atoms with van der Waals surface area (Å²) in [6, 6.07) is 0. The molecule has 1 saturated heterocycles. The molecule has 2 amide bonds. The van der Waals surface area contributed by atoms with Crippen LogP contribution in [0.2, 0.25) is 0 Å². The molecule has 0 spiro atoms. The Kier molecular flexibility index (Phi) is 9.18. The fraction of sp³-hybridized carbons (Fsp3) is 0.824. The summed E-state index contributed by atoms with van der Waals surface area (Å²) >= 11 is 0. The molecule has 3 N–H and O–H groups in total. The number of amides is 2. The Hall–Kier alpha value is -2.03. The minimum absolute atomic E-state index is 0.146. The van der Waals surface area contributed by atoms with Crippen LogP contribution in [0.15, 0.2) is 4.99 Å². The molecular formula is C17H34N6O3. The number of nitrogens with one attached hydrogen (secondary N) is 3. The number of aliphatic imine (C=N–C) groups is 1. The molecule has 9 nitrogen and oxygen atoms in total. The van der Waals surface area contributed by atoms with Gasteiger partial charge in [0.05, 0.1) is 0 Å². The Morgan fingerprint density at radius 3 is 2.12 bits per heavy atom. The number of carbonyl (C=O) groups excluding carboxylic acids is 2. The fourth-order valence-corrected chi connectivity index (χ4v) is 2.50. The maximum Gasteiger partial charge on any atom is 0.407 e. The maximum absolute atomic E-state index is 11.5. The second kappa shape index (κ2) is 10.8. The van der Waals surface area contributed by atoms with Gasteiger partial charge in [0.2, 0.25) is 5.91 Å². The Morgan fingerprint density at radius 2 is 1.58 bits per heavy atom. The average molecular weight is 370 g/mol. The molecule has 1 rings (SSSR count). The molecule has 0 aromatic heterocycles. The first-order chi connectivity index (χ1) is 12.2. The minimum Gasteiger partial charge on any atom is -0.444 e. The van der Waals surface area contributed by atoms with Gasteiger partial charge in [-0.25, -0.2) is 4.79 Å². The van der Waals surface area contributed by atoms with Crippen molar-refractivity contribution < 1.29 is 14.3 Å². The summed E-state index contributed by atoms with van der Waals surface area (Å²) in [4.78, 5) is 31.2. The molecule has 0 aliphatic carbocycles. The molecule has 1 fully saturated rings. The lowest BCUT2D eigenvalue weighted by Crippen LogP contribution is -2.50. The van der Waals surface area contributed by atoms with Crippen LogP contribution in [0.4, 0.5) is 4.79 Å². The highest BCUT2D eigenvalue weighted by atomic mass is 16.6. The van der Waals surface area contributed by atoms with Crippen LogP contribution in [0.3, 0.4) is 0 Å². The van der Waals surface area contributed by atoms with Crippen molar-refractivity contribution >= 4 is 18.0 Å². The van der Waals surface area contributed by atoms with E-state index in [-0.39, 0.29) is 5.91 Å². The normalized spacial score (nSPS) is 16.2. The van der Waals surface area contributed by atoms with Gasteiger partial charge in [-0.1, -0.05) is 0 Å². The third-order valence-corrected chi connectivity index (χ3v) is 3.85. The summed E-state index contributed by atoms with van der Waals surface area (Å²) in [5.41, 5.74) is -0.495. The second-order valence-electron chi connectivity index (χ2n) is 7.20. The van der Waals surface area contributed by atoms with Crippen LogP contribution in [0.5, 0.6) is 0 Å². The van der Waals surface area contributed by atoms with Gasteiger partial charge in [0.25, 0.3) is 0 Å². The van der Waals surface area contributed by atoms with Crippen LogP contribution >= 0.6 is 0 Å². The lowest BCUT2D eigenvalue weighted by Gasteiger charge is -2.34. The first-order valence-electron chi connectivity index (χ1n) is 9.10. The number of ether oxygens (including phenoxy) is 1. The third-order valence-electron chi connectivity index (χ3n) is 3.85. The predicted molar refractivity (Wildman–Crippen MR) is 102 cm³/mol. The molecule has 150 valence electrons. The molecule has 0 unspecified atom stereocenters. The highest BCUT2D eigenvalue weighted by Crippen LogP contribution is 2.06. The monoisotopic (exact) mass is 370 g/mol. The van der Waals surface area contributed by atoms with E-state index in [1.807, 2.05) is 25.7 Å². The van der Waals surface area contributed by atoms with Gasteiger partial charge in [-0.15, -0.1) is 0 Å². The van der Waals surface area contributed by atoms with Crippen LogP contribution in [-0.2, 0) is 9.53 Å². The third kappa shape index (κ3) is 9.45. The van der Waals surface area contributed by atoms with Crippen LogP contribution in [0.1, 0.15) is 27.7 Å². The molecule has 1 aliphatic heterocycles. The van der Waals surface area contributed by atoms with Crippen LogP contribution in [0.25, 0.3) is 0 Å². The molecule has 1 heterocycles. The smallest absolute Gasteiger partial charge is 0.407 e. The van der Waals surface area contributed by atoms with Gasteiger partial charge >= 0.3 is 6.09 Å². The Morgan fingerprint density at radius 1 is 1.00 bits per heavy atom. The molecular weight excluding hydrogens is 336 g/mol. The van der Waals surface area contributed by atoms with E-state index in [2.05, 4.69) is 25.8 Å². The summed E-state index contributed by atoms with van der Waals surface area (Å²) in [5, 5.41) is 9.09. The van der Waals surface area contributed by atoms with Crippen LogP contribution in [-0.4, -0.2) is 92.8 Å². The highest BCUT2D eigenvalue weighted by Gasteiger charge is 2.18. The van der Waals surface area contributed by atoms with Gasteiger partial charge in [-0.05, 0) is 20.8 Å². The Balaban J connectivity index is 2.12. The van der Waals surface area contributed by atoms with E-state index >= 15 is 0 Å². The summed E-state index contributed by atoms with van der Waals surface area (Å²) in [6.07, 6.45) is -0.424. The van der Waals surface area contributed by atoms with E-state index in [0.717, 1.165) is 39.3 Å². The summed E-state index contributed by atoms with van der Waals surface area (Å²) < 4.78 is 5.17. The standard InChI is InChI=1S/C17H34N6O3/c1-14(24)23-12-10-22(11-13-23)9-8-20-15(18-5)19-6-7-21-16(25)26-17(2,3)4/h6-13H2,1-5H3,(H,21,25)(H2,18,19,20). The van der Waals surface area contributed by atoms with E-state index < -0.39 is 11.7 Å². The minimum atomic E-state index is -0.495. The largest absolute Gasteiger partial charge is 0.444 e. The molecule has 0 aromatic carbocycles. The van der Waals surface area contributed by atoms with E-state index in [4.69, 9.17) is 4.74 Å². The highest BCUT2D eigenvalue weighted by molar-refractivity contribution is 5.79. The topological polar surface area (TPSA) is 98.3 Å². The molecule has 0 bridgehead atoms. The van der Waals surface area contributed by atoms with Crippen molar-refractivity contribution in [1.82, 2.24) is 25.8 Å². The molecule has 0 saturated carbocycles. The predicted octanol–water partition coefficient (Wildman–Crippen LogP) is -0.160. The number of guanidine groups is 1. The zero-order chi connectivity index (χ0) is 19.6. The summed E-state index contributed by atoms with van der Waals surface area (Å²) in [6.45, 7) is 13.1. The number of piperazine rings is 1. The van der Waals surface area contributed by atoms with Crippen molar-refractivity contribution in [2.45, 2.75) is 33.3 Å². The SMILES string of the molecule is CN=C(NCCNC(=O)OC(C)(C)C)NCCN1CCN(C(C)=O)CC1. The number of rotatable bonds is 6. The second-order valence-corrected chi connectivity index (χ2v) is 7.20. The van der Waals surface area contributed by atoms with Gasteiger partial charge in [0.15, 0.2) is 5.96 Å². The summed E-state index contributed by atoms with van der Waals surface area (Å²) in [7, 11) is 1.71. The maximum atomic E-state index is 11.5. The molecule has 0 aromatic rings. The average Bonchev–Trinajstić information content (AvgIpc) is 2.55. The van der Waals surface area contributed by atoms with E-state index in [0.29, 0.717) is 19.0 Å². The van der Waals surface area contributed by atoms with Crippen molar-refractivity contribution in [3.63, 3.8) is 0 Å².